The van der Waals surface area contributed by atoms with Gasteiger partial charge in [-0.2, -0.15) is 5.10 Å². The molecule has 1 N–H and O–H groups in total. The van der Waals surface area contributed by atoms with Crippen molar-refractivity contribution in [3.63, 3.8) is 0 Å². The largest absolute Gasteiger partial charge is 0.335 e. The smallest absolute Gasteiger partial charge is 0.317 e. The van der Waals surface area contributed by atoms with E-state index in [9.17, 15) is 4.79 Å². The molecule has 106 valence electrons. The molecule has 5 heteroatoms. The summed E-state index contributed by atoms with van der Waals surface area (Å²) < 4.78 is 1.75. The molecule has 2 unspecified atom stereocenters. The van der Waals surface area contributed by atoms with Gasteiger partial charge in [0.15, 0.2) is 0 Å². The molecular weight excluding hydrogens is 240 g/mol. The number of aromatic nitrogens is 2. The summed E-state index contributed by atoms with van der Waals surface area (Å²) in [6.07, 6.45) is 8.58. The second kappa shape index (κ2) is 6.08. The van der Waals surface area contributed by atoms with Gasteiger partial charge in [0.25, 0.3) is 0 Å². The van der Waals surface area contributed by atoms with Crippen LogP contribution in [0.25, 0.3) is 0 Å². The molecule has 0 saturated heterocycles. The number of rotatable bonds is 3. The third-order valence-corrected chi connectivity index (χ3v) is 3.95. The number of aryl methyl sites for hydroxylation is 1. The number of amides is 2. The molecule has 2 amide bonds. The predicted octanol–water partition coefficient (Wildman–Crippen LogP) is 2.14. The van der Waals surface area contributed by atoms with E-state index >= 15 is 0 Å². The van der Waals surface area contributed by atoms with Gasteiger partial charge >= 0.3 is 6.03 Å². The first-order valence-corrected chi connectivity index (χ1v) is 7.05. The number of nitrogens with one attached hydrogen (secondary N) is 1. The van der Waals surface area contributed by atoms with Gasteiger partial charge in [-0.3, -0.25) is 4.68 Å². The Labute approximate surface area is 115 Å². The van der Waals surface area contributed by atoms with Crippen molar-refractivity contribution in [2.45, 2.75) is 45.2 Å². The maximum Gasteiger partial charge on any atom is 0.317 e. The molecule has 0 aromatic carbocycles. The highest BCUT2D eigenvalue weighted by Gasteiger charge is 2.23. The predicted molar refractivity (Wildman–Crippen MR) is 74.6 cm³/mol. The summed E-state index contributed by atoms with van der Waals surface area (Å²) in [5, 5.41) is 7.27. The third-order valence-electron chi connectivity index (χ3n) is 3.95. The molecule has 0 bridgehead atoms. The fourth-order valence-electron chi connectivity index (χ4n) is 2.70. The molecule has 0 radical (unpaired) electrons. The molecule has 1 aliphatic rings. The van der Waals surface area contributed by atoms with Crippen molar-refractivity contribution >= 4 is 6.03 Å². The second-order valence-corrected chi connectivity index (χ2v) is 5.70. The van der Waals surface area contributed by atoms with E-state index in [1.807, 2.05) is 20.3 Å². The van der Waals surface area contributed by atoms with Crippen LogP contribution in [0.15, 0.2) is 12.4 Å². The van der Waals surface area contributed by atoms with Gasteiger partial charge in [0, 0.05) is 31.9 Å². The molecule has 1 fully saturated rings. The van der Waals surface area contributed by atoms with E-state index in [4.69, 9.17) is 0 Å². The summed E-state index contributed by atoms with van der Waals surface area (Å²) in [7, 11) is 3.71. The molecule has 1 heterocycles. The minimum atomic E-state index is 0.0163. The Kier molecular flexibility index (Phi) is 4.45. The summed E-state index contributed by atoms with van der Waals surface area (Å²) in [5.74, 6) is 0.587. The number of nitrogens with zero attached hydrogens (tertiary/aromatic N) is 3. The van der Waals surface area contributed by atoms with Crippen molar-refractivity contribution in [3.05, 3.63) is 18.0 Å². The van der Waals surface area contributed by atoms with Crippen LogP contribution in [0, 0.1) is 5.92 Å². The van der Waals surface area contributed by atoms with Crippen molar-refractivity contribution < 1.29 is 4.79 Å². The molecule has 19 heavy (non-hydrogen) atoms. The van der Waals surface area contributed by atoms with Crippen LogP contribution in [0.4, 0.5) is 4.79 Å². The SMILES string of the molecule is CC1CCCCC1NC(=O)N(C)Cc1cnn(C)c1. The monoisotopic (exact) mass is 264 g/mol. The molecule has 1 aliphatic carbocycles. The zero-order chi connectivity index (χ0) is 13.8. The van der Waals surface area contributed by atoms with E-state index in [0.29, 0.717) is 18.5 Å². The molecule has 1 saturated carbocycles. The second-order valence-electron chi connectivity index (χ2n) is 5.70. The highest BCUT2D eigenvalue weighted by Crippen LogP contribution is 2.23. The molecule has 2 rings (SSSR count). The molecule has 1 aromatic heterocycles. The Bertz CT molecular complexity index is 429. The van der Waals surface area contributed by atoms with Gasteiger partial charge in [-0.05, 0) is 18.8 Å². The van der Waals surface area contributed by atoms with E-state index in [-0.39, 0.29) is 6.03 Å². The normalized spacial score (nSPS) is 23.1. The van der Waals surface area contributed by atoms with E-state index in [1.165, 1.54) is 19.3 Å². The first kappa shape index (κ1) is 13.9. The molecular formula is C14H24N4O. The molecule has 2 atom stereocenters. The van der Waals surface area contributed by atoms with Crippen molar-refractivity contribution in [2.75, 3.05) is 7.05 Å². The Morgan fingerprint density at radius 2 is 2.26 bits per heavy atom. The maximum absolute atomic E-state index is 12.2. The van der Waals surface area contributed by atoms with E-state index in [0.717, 1.165) is 12.0 Å². The average molecular weight is 264 g/mol. The zero-order valence-electron chi connectivity index (χ0n) is 12.1. The van der Waals surface area contributed by atoms with Crippen LogP contribution < -0.4 is 5.32 Å². The topological polar surface area (TPSA) is 50.2 Å². The zero-order valence-corrected chi connectivity index (χ0v) is 12.1. The van der Waals surface area contributed by atoms with Gasteiger partial charge in [-0.1, -0.05) is 19.8 Å². The van der Waals surface area contributed by atoms with Gasteiger partial charge in [0.1, 0.15) is 0 Å². The number of carbonyl (C=O) groups excluding carboxylic acids is 1. The minimum absolute atomic E-state index is 0.0163. The lowest BCUT2D eigenvalue weighted by Crippen LogP contribution is -2.46. The van der Waals surface area contributed by atoms with Crippen LogP contribution in [0.1, 0.15) is 38.2 Å². The van der Waals surface area contributed by atoms with Crippen LogP contribution in [-0.4, -0.2) is 33.8 Å². The summed E-state index contributed by atoms with van der Waals surface area (Å²) in [4.78, 5) is 13.9. The van der Waals surface area contributed by atoms with Gasteiger partial charge < -0.3 is 10.2 Å². The quantitative estimate of drug-likeness (QED) is 0.909. The van der Waals surface area contributed by atoms with E-state index in [1.54, 1.807) is 15.8 Å². The van der Waals surface area contributed by atoms with Crippen molar-refractivity contribution in [1.82, 2.24) is 20.0 Å². The van der Waals surface area contributed by atoms with Gasteiger partial charge in [-0.15, -0.1) is 0 Å². The van der Waals surface area contributed by atoms with E-state index < -0.39 is 0 Å². The van der Waals surface area contributed by atoms with Crippen molar-refractivity contribution in [2.24, 2.45) is 13.0 Å². The lowest BCUT2D eigenvalue weighted by molar-refractivity contribution is 0.190. The highest BCUT2D eigenvalue weighted by atomic mass is 16.2. The van der Waals surface area contributed by atoms with Gasteiger partial charge in [0.2, 0.25) is 0 Å². The molecule has 0 aliphatic heterocycles. The average Bonchev–Trinajstić information content (AvgIpc) is 2.77. The number of hydrogen-bond donors (Lipinski definition) is 1. The number of hydrogen-bond acceptors (Lipinski definition) is 2. The Hall–Kier alpha value is -1.52. The number of urea groups is 1. The fraction of sp³-hybridized carbons (Fsp3) is 0.714. The Balaban J connectivity index is 1.85. The Morgan fingerprint density at radius 3 is 2.89 bits per heavy atom. The van der Waals surface area contributed by atoms with Gasteiger partial charge in [-0.25, -0.2) is 4.79 Å². The first-order chi connectivity index (χ1) is 9.06. The third kappa shape index (κ3) is 3.72. The van der Waals surface area contributed by atoms with Crippen LogP contribution in [-0.2, 0) is 13.6 Å². The maximum atomic E-state index is 12.2. The summed E-state index contributed by atoms with van der Waals surface area (Å²) in [5.41, 5.74) is 1.05. The first-order valence-electron chi connectivity index (χ1n) is 7.05. The lowest BCUT2D eigenvalue weighted by atomic mass is 9.86. The van der Waals surface area contributed by atoms with E-state index in [2.05, 4.69) is 17.3 Å². The van der Waals surface area contributed by atoms with Gasteiger partial charge in [0.05, 0.1) is 12.7 Å². The Morgan fingerprint density at radius 1 is 1.53 bits per heavy atom. The fourth-order valence-corrected chi connectivity index (χ4v) is 2.70. The standard InChI is InChI=1S/C14H24N4O/c1-11-6-4-5-7-13(11)16-14(19)17(2)9-12-8-15-18(3)10-12/h8,10-11,13H,4-7,9H2,1-3H3,(H,16,19). The number of carbonyl (C=O) groups is 1. The van der Waals surface area contributed by atoms with Crippen LogP contribution in [0.2, 0.25) is 0 Å². The molecule has 0 spiro atoms. The summed E-state index contributed by atoms with van der Waals surface area (Å²) in [6, 6.07) is 0.347. The van der Waals surface area contributed by atoms with Crippen LogP contribution in [0.5, 0.6) is 0 Å². The van der Waals surface area contributed by atoms with Crippen LogP contribution in [0.3, 0.4) is 0 Å². The van der Waals surface area contributed by atoms with Crippen LogP contribution >= 0.6 is 0 Å². The summed E-state index contributed by atoms with van der Waals surface area (Å²) >= 11 is 0. The minimum Gasteiger partial charge on any atom is -0.335 e. The lowest BCUT2D eigenvalue weighted by Gasteiger charge is -2.31. The van der Waals surface area contributed by atoms with Crippen molar-refractivity contribution in [3.8, 4) is 0 Å². The highest BCUT2D eigenvalue weighted by molar-refractivity contribution is 5.74. The molecule has 5 nitrogen and oxygen atoms in total. The summed E-state index contributed by atoms with van der Waals surface area (Å²) in [6.45, 7) is 2.83. The molecule has 1 aromatic rings. The van der Waals surface area contributed by atoms with Crippen molar-refractivity contribution in [1.29, 1.82) is 0 Å².